The van der Waals surface area contributed by atoms with Crippen LogP contribution in [0.25, 0.3) is 0 Å². The van der Waals surface area contributed by atoms with E-state index in [9.17, 15) is 14.0 Å². The molecule has 164 valence electrons. The monoisotopic (exact) mass is 426 g/mol. The van der Waals surface area contributed by atoms with Crippen LogP contribution in [0.1, 0.15) is 41.2 Å². The molecule has 0 spiro atoms. The van der Waals surface area contributed by atoms with E-state index in [1.165, 1.54) is 12.1 Å². The Balaban J connectivity index is 1.27. The number of benzene rings is 2. The number of carbonyl (C=O) groups excluding carboxylic acids is 2. The second kappa shape index (κ2) is 9.45. The highest BCUT2D eigenvalue weighted by Crippen LogP contribution is 2.24. The quantitative estimate of drug-likeness (QED) is 0.683. The molecule has 2 fully saturated rings. The van der Waals surface area contributed by atoms with Crippen molar-refractivity contribution < 1.29 is 18.7 Å². The van der Waals surface area contributed by atoms with Crippen molar-refractivity contribution in [2.45, 2.75) is 37.4 Å². The summed E-state index contributed by atoms with van der Waals surface area (Å²) in [4.78, 5) is 27.4. The van der Waals surface area contributed by atoms with Gasteiger partial charge in [0, 0.05) is 25.2 Å². The summed E-state index contributed by atoms with van der Waals surface area (Å²) in [6, 6.07) is 13.1. The lowest BCUT2D eigenvalue weighted by Gasteiger charge is -2.33. The summed E-state index contributed by atoms with van der Waals surface area (Å²) >= 11 is 0. The lowest BCUT2D eigenvalue weighted by Crippen LogP contribution is -2.51. The van der Waals surface area contributed by atoms with Crippen molar-refractivity contribution in [3.63, 3.8) is 0 Å². The highest BCUT2D eigenvalue weighted by atomic mass is 19.1. The summed E-state index contributed by atoms with van der Waals surface area (Å²) in [6.45, 7) is 1.18. The van der Waals surface area contributed by atoms with Gasteiger partial charge in [0.2, 0.25) is 5.91 Å². The van der Waals surface area contributed by atoms with Gasteiger partial charge >= 0.3 is 0 Å². The van der Waals surface area contributed by atoms with Gasteiger partial charge in [0.25, 0.3) is 5.91 Å². The number of likely N-dealkylation sites (tertiary alicyclic amines) is 1. The number of hydrogen-bond acceptors (Lipinski definition) is 5. The van der Waals surface area contributed by atoms with Crippen molar-refractivity contribution in [2.75, 3.05) is 20.2 Å². The average Bonchev–Trinajstić information content (AvgIpc) is 3.30. The van der Waals surface area contributed by atoms with Crippen molar-refractivity contribution in [3.05, 3.63) is 65.5 Å². The summed E-state index contributed by atoms with van der Waals surface area (Å²) in [5, 5.41) is 3.06. The van der Waals surface area contributed by atoms with Crippen LogP contribution in [0.5, 0.6) is 5.75 Å². The first-order valence-electron chi connectivity index (χ1n) is 10.5. The molecule has 8 heteroatoms. The van der Waals surface area contributed by atoms with E-state index < -0.39 is 0 Å². The second-order valence-corrected chi connectivity index (χ2v) is 7.95. The Bertz CT molecular complexity index is 929. The highest BCUT2D eigenvalue weighted by Gasteiger charge is 2.34. The van der Waals surface area contributed by atoms with Crippen LogP contribution < -0.4 is 20.9 Å². The molecule has 2 amide bonds. The van der Waals surface area contributed by atoms with Crippen LogP contribution in [0, 0.1) is 5.82 Å². The number of piperidine rings is 1. The fourth-order valence-electron chi connectivity index (χ4n) is 4.19. The molecule has 4 rings (SSSR count). The maximum absolute atomic E-state index is 13.1. The zero-order valence-corrected chi connectivity index (χ0v) is 17.4. The molecule has 0 aliphatic carbocycles. The highest BCUT2D eigenvalue weighted by molar-refractivity contribution is 5.97. The van der Waals surface area contributed by atoms with Crippen molar-refractivity contribution in [2.24, 2.45) is 0 Å². The van der Waals surface area contributed by atoms with E-state index in [0.717, 1.165) is 5.56 Å². The normalized spacial score (nSPS) is 21.7. The molecule has 3 N–H and O–H groups in total. The molecular weight excluding hydrogens is 399 g/mol. The number of methoxy groups -OCH3 is 1. The van der Waals surface area contributed by atoms with Gasteiger partial charge in [0.1, 0.15) is 17.6 Å². The van der Waals surface area contributed by atoms with Gasteiger partial charge in [-0.05, 0) is 49.1 Å². The van der Waals surface area contributed by atoms with Gasteiger partial charge in [-0.2, -0.15) is 0 Å². The van der Waals surface area contributed by atoms with E-state index in [1.54, 1.807) is 37.4 Å². The number of nitrogens with one attached hydrogen (secondary N) is 3. The van der Waals surface area contributed by atoms with Crippen LogP contribution in [0.2, 0.25) is 0 Å². The lowest BCUT2D eigenvalue weighted by atomic mass is 9.99. The summed E-state index contributed by atoms with van der Waals surface area (Å²) in [5.41, 5.74) is 7.67. The number of amides is 2. The number of hydrogen-bond donors (Lipinski definition) is 3. The molecule has 31 heavy (non-hydrogen) atoms. The molecule has 0 aromatic heterocycles. The molecule has 2 unspecified atom stereocenters. The van der Waals surface area contributed by atoms with Gasteiger partial charge in [-0.3, -0.25) is 9.59 Å². The van der Waals surface area contributed by atoms with Crippen LogP contribution in [0.4, 0.5) is 4.39 Å². The molecule has 2 aliphatic rings. The first-order valence-corrected chi connectivity index (χ1v) is 10.5. The third kappa shape index (κ3) is 4.86. The van der Waals surface area contributed by atoms with E-state index >= 15 is 0 Å². The summed E-state index contributed by atoms with van der Waals surface area (Å²) in [5.74, 6) is 0.156. The van der Waals surface area contributed by atoms with Gasteiger partial charge in [-0.15, -0.1) is 0 Å². The number of nitrogens with zero attached hydrogens (tertiary/aromatic N) is 1. The molecule has 7 nitrogen and oxygen atoms in total. The number of rotatable bonds is 5. The van der Waals surface area contributed by atoms with Crippen molar-refractivity contribution >= 4 is 11.8 Å². The molecule has 2 aromatic carbocycles. The van der Waals surface area contributed by atoms with Gasteiger partial charge in [0.05, 0.1) is 12.7 Å². The fraction of sp³-hybridized carbons (Fsp3) is 0.391. The Labute approximate surface area is 180 Å². The van der Waals surface area contributed by atoms with Gasteiger partial charge in [0.15, 0.2) is 0 Å². The molecule has 2 atom stereocenters. The fourth-order valence-corrected chi connectivity index (χ4v) is 4.19. The maximum Gasteiger partial charge on any atom is 0.255 e. The van der Waals surface area contributed by atoms with Gasteiger partial charge in [-0.1, -0.05) is 24.3 Å². The number of para-hydroxylation sites is 1. The Hall–Kier alpha value is -2.97. The zero-order valence-electron chi connectivity index (χ0n) is 17.4. The van der Waals surface area contributed by atoms with Crippen molar-refractivity contribution in [1.29, 1.82) is 0 Å². The van der Waals surface area contributed by atoms with Crippen LogP contribution in [0.15, 0.2) is 48.5 Å². The lowest BCUT2D eigenvalue weighted by molar-refractivity contribution is -0.134. The SMILES string of the molecule is COc1ccccc1C(=O)NC1CCN(C(=O)C2CC(c3ccc(F)cc3)NN2)CC1. The summed E-state index contributed by atoms with van der Waals surface area (Å²) in [6.07, 6.45) is 2.01. The van der Waals surface area contributed by atoms with E-state index in [-0.39, 0.29) is 35.8 Å². The smallest absolute Gasteiger partial charge is 0.255 e. The van der Waals surface area contributed by atoms with E-state index in [2.05, 4.69) is 16.2 Å². The standard InChI is InChI=1S/C23H27FN4O3/c1-31-21-5-3-2-4-18(21)22(29)25-17-10-12-28(13-11-17)23(30)20-14-19(26-27-20)15-6-8-16(24)9-7-15/h2-9,17,19-20,26-27H,10-14H2,1H3,(H,25,29). The predicted molar refractivity (Wildman–Crippen MR) is 114 cm³/mol. The zero-order chi connectivity index (χ0) is 21.8. The number of halogens is 1. The summed E-state index contributed by atoms with van der Waals surface area (Å²) < 4.78 is 18.4. The number of hydrazine groups is 1. The first-order chi connectivity index (χ1) is 15.0. The van der Waals surface area contributed by atoms with Crippen molar-refractivity contribution in [1.82, 2.24) is 21.1 Å². The number of carbonyl (C=O) groups is 2. The van der Waals surface area contributed by atoms with Crippen LogP contribution in [-0.4, -0.2) is 49.0 Å². The van der Waals surface area contributed by atoms with Crippen LogP contribution in [-0.2, 0) is 4.79 Å². The van der Waals surface area contributed by atoms with Crippen molar-refractivity contribution in [3.8, 4) is 5.75 Å². The first kappa shape index (κ1) is 21.3. The van der Waals surface area contributed by atoms with Gasteiger partial charge in [-0.25, -0.2) is 15.2 Å². The molecular formula is C23H27FN4O3. The number of ether oxygens (including phenoxy) is 1. The topological polar surface area (TPSA) is 82.7 Å². The Morgan fingerprint density at radius 1 is 1.06 bits per heavy atom. The average molecular weight is 426 g/mol. The van der Waals surface area contributed by atoms with E-state index in [1.807, 2.05) is 11.0 Å². The second-order valence-electron chi connectivity index (χ2n) is 7.95. The Kier molecular flexibility index (Phi) is 6.48. The van der Waals surface area contributed by atoms with Gasteiger partial charge < -0.3 is 15.0 Å². The van der Waals surface area contributed by atoms with E-state index in [0.29, 0.717) is 43.7 Å². The van der Waals surface area contributed by atoms with Crippen LogP contribution >= 0.6 is 0 Å². The third-order valence-electron chi connectivity index (χ3n) is 5.97. The minimum Gasteiger partial charge on any atom is -0.496 e. The molecule has 0 radical (unpaired) electrons. The minimum absolute atomic E-state index is 0.0167. The summed E-state index contributed by atoms with van der Waals surface area (Å²) in [7, 11) is 1.54. The third-order valence-corrected chi connectivity index (χ3v) is 5.97. The van der Waals surface area contributed by atoms with E-state index in [4.69, 9.17) is 4.74 Å². The molecule has 2 heterocycles. The Morgan fingerprint density at radius 2 is 1.77 bits per heavy atom. The minimum atomic E-state index is -0.324. The molecule has 0 saturated carbocycles. The predicted octanol–water partition coefficient (Wildman–Crippen LogP) is 2.16. The Morgan fingerprint density at radius 3 is 2.48 bits per heavy atom. The van der Waals surface area contributed by atoms with Crippen LogP contribution in [0.3, 0.4) is 0 Å². The molecule has 2 aliphatic heterocycles. The molecule has 2 aromatic rings. The molecule has 2 saturated heterocycles. The largest absolute Gasteiger partial charge is 0.496 e. The maximum atomic E-state index is 13.1. The molecule has 0 bridgehead atoms.